The van der Waals surface area contributed by atoms with Crippen LogP contribution in [-0.4, -0.2) is 40.9 Å². The number of aliphatic hydroxyl groups excluding tert-OH is 1. The lowest BCUT2D eigenvalue weighted by atomic mass is 9.83. The molecule has 2 aliphatic rings. The van der Waals surface area contributed by atoms with Crippen molar-refractivity contribution in [1.82, 2.24) is 4.90 Å². The fourth-order valence-electron chi connectivity index (χ4n) is 4.33. The Bertz CT molecular complexity index is 811. The van der Waals surface area contributed by atoms with Crippen molar-refractivity contribution in [3.8, 4) is 5.75 Å². The van der Waals surface area contributed by atoms with Gasteiger partial charge in [-0.05, 0) is 55.5 Å². The maximum absolute atomic E-state index is 11.1. The predicted molar refractivity (Wildman–Crippen MR) is 106 cm³/mol. The molecule has 2 atom stereocenters. The first kappa shape index (κ1) is 18.5. The highest BCUT2D eigenvalue weighted by Gasteiger charge is 2.34. The third kappa shape index (κ3) is 3.88. The average molecular weight is 367 g/mol. The van der Waals surface area contributed by atoms with E-state index < -0.39 is 11.7 Å². The minimum Gasteiger partial charge on any atom is -0.490 e. The summed E-state index contributed by atoms with van der Waals surface area (Å²) >= 11 is 0. The van der Waals surface area contributed by atoms with Crippen LogP contribution in [-0.2, 0) is 12.0 Å². The van der Waals surface area contributed by atoms with Gasteiger partial charge in [0.2, 0.25) is 0 Å². The lowest BCUT2D eigenvalue weighted by molar-refractivity contribution is -0.0345. The molecular weight excluding hydrogens is 338 g/mol. The number of hydrogen-bond acceptors (Lipinski definition) is 4. The summed E-state index contributed by atoms with van der Waals surface area (Å²) in [5, 5.41) is 21.8. The van der Waals surface area contributed by atoms with Gasteiger partial charge in [-0.1, -0.05) is 35.9 Å². The molecular formula is C23H29NO3. The Morgan fingerprint density at radius 3 is 2.70 bits per heavy atom. The van der Waals surface area contributed by atoms with Gasteiger partial charge in [-0.25, -0.2) is 0 Å². The molecule has 2 N–H and O–H groups in total. The summed E-state index contributed by atoms with van der Waals surface area (Å²) in [4.78, 5) is 2.25. The first-order chi connectivity index (χ1) is 12.9. The quantitative estimate of drug-likeness (QED) is 0.870. The maximum atomic E-state index is 11.1. The first-order valence-electron chi connectivity index (χ1n) is 9.92. The van der Waals surface area contributed by atoms with Gasteiger partial charge in [0.15, 0.2) is 0 Å². The fraction of sp³-hybridized carbons (Fsp3) is 0.478. The molecule has 2 heterocycles. The molecule has 0 radical (unpaired) electrons. The maximum Gasteiger partial charge on any atom is 0.123 e. The Morgan fingerprint density at radius 2 is 1.96 bits per heavy atom. The Kier molecular flexibility index (Phi) is 4.97. The predicted octanol–water partition coefficient (Wildman–Crippen LogP) is 3.34. The molecule has 0 bridgehead atoms. The van der Waals surface area contributed by atoms with Gasteiger partial charge >= 0.3 is 0 Å². The highest BCUT2D eigenvalue weighted by Crippen LogP contribution is 2.35. The topological polar surface area (TPSA) is 52.9 Å². The molecule has 4 rings (SSSR count). The Balaban J connectivity index is 1.37. The van der Waals surface area contributed by atoms with Crippen LogP contribution in [0.15, 0.2) is 42.5 Å². The van der Waals surface area contributed by atoms with E-state index in [4.69, 9.17) is 4.74 Å². The molecule has 27 heavy (non-hydrogen) atoms. The van der Waals surface area contributed by atoms with Crippen molar-refractivity contribution >= 4 is 0 Å². The molecule has 2 aromatic carbocycles. The van der Waals surface area contributed by atoms with Gasteiger partial charge in [0.25, 0.3) is 0 Å². The highest BCUT2D eigenvalue weighted by atomic mass is 16.5. The summed E-state index contributed by atoms with van der Waals surface area (Å²) in [6.45, 7) is 6.29. The molecule has 0 amide bonds. The zero-order valence-electron chi connectivity index (χ0n) is 16.2. The zero-order valence-corrected chi connectivity index (χ0v) is 16.2. The van der Waals surface area contributed by atoms with Crippen molar-refractivity contribution in [3.05, 3.63) is 64.7 Å². The van der Waals surface area contributed by atoms with Crippen LogP contribution >= 0.6 is 0 Å². The number of aliphatic hydroxyl groups is 2. The number of hydrogen-bond donors (Lipinski definition) is 2. The van der Waals surface area contributed by atoms with Crippen LogP contribution in [0.5, 0.6) is 5.75 Å². The minimum atomic E-state index is -0.755. The van der Waals surface area contributed by atoms with Crippen LogP contribution in [0.1, 0.15) is 48.1 Å². The second-order valence-corrected chi connectivity index (χ2v) is 8.22. The summed E-state index contributed by atoms with van der Waals surface area (Å²) in [5.74, 6) is 0.944. The molecule has 2 aromatic rings. The molecule has 144 valence electrons. The molecule has 0 unspecified atom stereocenters. The van der Waals surface area contributed by atoms with Gasteiger partial charge in [0, 0.05) is 26.1 Å². The number of benzene rings is 2. The Morgan fingerprint density at radius 1 is 1.19 bits per heavy atom. The lowest BCUT2D eigenvalue weighted by Crippen LogP contribution is -2.44. The molecule has 0 aromatic heterocycles. The second-order valence-electron chi connectivity index (χ2n) is 8.22. The van der Waals surface area contributed by atoms with E-state index in [2.05, 4.69) is 36.9 Å². The largest absolute Gasteiger partial charge is 0.490 e. The molecule has 1 fully saturated rings. The van der Waals surface area contributed by atoms with E-state index in [1.165, 1.54) is 11.1 Å². The first-order valence-corrected chi connectivity index (χ1v) is 9.92. The smallest absolute Gasteiger partial charge is 0.123 e. The van der Waals surface area contributed by atoms with E-state index >= 15 is 0 Å². The fourth-order valence-corrected chi connectivity index (χ4v) is 4.33. The lowest BCUT2D eigenvalue weighted by Gasteiger charge is -2.39. The normalized spacial score (nSPS) is 22.9. The standard InChI is InChI=1S/C23H29NO3/c1-16-4-3-5-20(12-16)23(26)8-10-24(11-9-23)15-21(25)18-6-7-22-19(14-18)13-17(2)27-22/h3-7,12,14,17,21,25-26H,8-11,13,15H2,1-2H3/t17-,21-/m0/s1. The van der Waals surface area contributed by atoms with Crippen molar-refractivity contribution in [2.24, 2.45) is 0 Å². The SMILES string of the molecule is Cc1cccc(C2(O)CCN(C[C@H](O)c3ccc4c(c3)C[C@H](C)O4)CC2)c1. The van der Waals surface area contributed by atoms with E-state index in [1.807, 2.05) is 24.3 Å². The highest BCUT2D eigenvalue weighted by molar-refractivity contribution is 5.41. The van der Waals surface area contributed by atoms with Crippen molar-refractivity contribution < 1.29 is 14.9 Å². The number of ether oxygens (including phenoxy) is 1. The second kappa shape index (κ2) is 7.27. The number of rotatable bonds is 4. The number of nitrogens with zero attached hydrogens (tertiary/aromatic N) is 1. The van der Waals surface area contributed by atoms with Gasteiger partial charge in [-0.2, -0.15) is 0 Å². The minimum absolute atomic E-state index is 0.216. The third-order valence-electron chi connectivity index (χ3n) is 5.97. The monoisotopic (exact) mass is 367 g/mol. The van der Waals surface area contributed by atoms with Crippen LogP contribution in [0.2, 0.25) is 0 Å². The van der Waals surface area contributed by atoms with Crippen molar-refractivity contribution in [3.63, 3.8) is 0 Å². The van der Waals surface area contributed by atoms with Crippen LogP contribution in [0, 0.1) is 6.92 Å². The summed E-state index contributed by atoms with van der Waals surface area (Å²) in [6.07, 6.45) is 1.99. The van der Waals surface area contributed by atoms with E-state index in [1.54, 1.807) is 0 Å². The van der Waals surface area contributed by atoms with Crippen molar-refractivity contribution in [2.45, 2.75) is 50.9 Å². The third-order valence-corrected chi connectivity index (χ3v) is 5.97. The number of piperidine rings is 1. The zero-order chi connectivity index (χ0) is 19.0. The van der Waals surface area contributed by atoms with E-state index in [9.17, 15) is 10.2 Å². The van der Waals surface area contributed by atoms with Crippen LogP contribution in [0.4, 0.5) is 0 Å². The van der Waals surface area contributed by atoms with Gasteiger partial charge in [0.05, 0.1) is 11.7 Å². The average Bonchev–Trinajstić information content (AvgIpc) is 3.03. The van der Waals surface area contributed by atoms with E-state index in [0.717, 1.165) is 36.4 Å². The van der Waals surface area contributed by atoms with Gasteiger partial charge in [-0.3, -0.25) is 0 Å². The van der Waals surface area contributed by atoms with E-state index in [-0.39, 0.29) is 6.10 Å². The number of aryl methyl sites for hydroxylation is 1. The molecule has 4 heteroatoms. The Labute approximate surface area is 161 Å². The molecule has 2 aliphatic heterocycles. The summed E-state index contributed by atoms with van der Waals surface area (Å²) in [7, 11) is 0. The van der Waals surface area contributed by atoms with Gasteiger partial charge in [-0.15, -0.1) is 0 Å². The molecule has 0 aliphatic carbocycles. The molecule has 4 nitrogen and oxygen atoms in total. The Hall–Kier alpha value is -1.88. The van der Waals surface area contributed by atoms with Crippen molar-refractivity contribution in [2.75, 3.05) is 19.6 Å². The summed E-state index contributed by atoms with van der Waals surface area (Å²) in [6, 6.07) is 14.2. The van der Waals surface area contributed by atoms with Crippen LogP contribution in [0.25, 0.3) is 0 Å². The van der Waals surface area contributed by atoms with Crippen molar-refractivity contribution in [1.29, 1.82) is 0 Å². The summed E-state index contributed by atoms with van der Waals surface area (Å²) in [5.41, 5.74) is 3.57. The van der Waals surface area contributed by atoms with Gasteiger partial charge in [0.1, 0.15) is 11.9 Å². The van der Waals surface area contributed by atoms with E-state index in [0.29, 0.717) is 19.4 Å². The number of fused-ring (bicyclic) bond motifs is 1. The molecule has 0 saturated carbocycles. The van der Waals surface area contributed by atoms with Crippen LogP contribution < -0.4 is 4.74 Å². The molecule has 0 spiro atoms. The summed E-state index contributed by atoms with van der Waals surface area (Å²) < 4.78 is 5.74. The van der Waals surface area contributed by atoms with Crippen LogP contribution in [0.3, 0.4) is 0 Å². The number of likely N-dealkylation sites (tertiary alicyclic amines) is 1. The number of β-amino-alcohol motifs (C(OH)–C–C–N with tert-alkyl or cyclic N) is 1. The molecule has 1 saturated heterocycles. The van der Waals surface area contributed by atoms with Gasteiger partial charge < -0.3 is 19.8 Å².